The van der Waals surface area contributed by atoms with Crippen LogP contribution in [-0.4, -0.2) is 27.2 Å². The van der Waals surface area contributed by atoms with Crippen LogP contribution in [0.5, 0.6) is 0 Å². The van der Waals surface area contributed by atoms with E-state index in [1.807, 2.05) is 46.8 Å². The summed E-state index contributed by atoms with van der Waals surface area (Å²) in [5.41, 5.74) is 4.33. The summed E-state index contributed by atoms with van der Waals surface area (Å²) in [4.78, 5) is 31.5. The van der Waals surface area contributed by atoms with Gasteiger partial charge < -0.3 is 15.0 Å². The number of hydrogen-bond acceptors (Lipinski definition) is 5. The molecule has 7 heteroatoms. The van der Waals surface area contributed by atoms with Gasteiger partial charge in [-0.15, -0.1) is 0 Å². The van der Waals surface area contributed by atoms with Crippen molar-refractivity contribution in [3.05, 3.63) is 50.9 Å². The van der Waals surface area contributed by atoms with E-state index in [0.717, 1.165) is 22.4 Å². The van der Waals surface area contributed by atoms with Crippen LogP contribution in [0, 0.1) is 20.8 Å². The number of nitrogens with one attached hydrogen (secondary N) is 2. The highest BCUT2D eigenvalue weighted by molar-refractivity contribution is 8.00. The highest BCUT2D eigenvalue weighted by Gasteiger charge is 2.18. The zero-order valence-corrected chi connectivity index (χ0v) is 17.5. The van der Waals surface area contributed by atoms with Gasteiger partial charge in [0.2, 0.25) is 5.91 Å². The molecule has 0 fully saturated rings. The molecule has 1 aromatic carbocycles. The number of H-pyrrole nitrogens is 1. The first-order valence-corrected chi connectivity index (χ1v) is 9.81. The van der Waals surface area contributed by atoms with Crippen molar-refractivity contribution in [3.63, 3.8) is 0 Å². The van der Waals surface area contributed by atoms with Crippen molar-refractivity contribution in [1.29, 1.82) is 0 Å². The third-order valence-corrected chi connectivity index (χ3v) is 4.90. The molecule has 1 amide bonds. The van der Waals surface area contributed by atoms with Gasteiger partial charge in [0.25, 0.3) is 5.56 Å². The molecule has 0 radical (unpaired) electrons. The van der Waals surface area contributed by atoms with Crippen molar-refractivity contribution < 1.29 is 9.53 Å². The van der Waals surface area contributed by atoms with Crippen LogP contribution in [0.3, 0.4) is 0 Å². The van der Waals surface area contributed by atoms with E-state index < -0.39 is 5.25 Å². The van der Waals surface area contributed by atoms with Crippen LogP contribution in [0.15, 0.2) is 28.2 Å². The molecule has 1 unspecified atom stereocenters. The number of thioether (sulfide) groups is 1. The number of aryl methyl sites for hydroxylation is 3. The van der Waals surface area contributed by atoms with Crippen molar-refractivity contribution in [2.24, 2.45) is 0 Å². The number of ether oxygens (including phenoxy) is 1. The number of aromatic nitrogens is 2. The van der Waals surface area contributed by atoms with Gasteiger partial charge in [-0.05, 0) is 52.7 Å². The Bertz CT molecular complexity index is 854. The minimum Gasteiger partial charge on any atom is -0.373 e. The molecule has 1 heterocycles. The van der Waals surface area contributed by atoms with Gasteiger partial charge >= 0.3 is 0 Å². The summed E-state index contributed by atoms with van der Waals surface area (Å²) < 4.78 is 5.50. The van der Waals surface area contributed by atoms with E-state index in [9.17, 15) is 9.59 Å². The summed E-state index contributed by atoms with van der Waals surface area (Å²) in [5.74, 6) is -0.137. The Balaban J connectivity index is 2.09. The van der Waals surface area contributed by atoms with Crippen LogP contribution < -0.4 is 10.9 Å². The lowest BCUT2D eigenvalue weighted by atomic mass is 10.1. The first-order chi connectivity index (χ1) is 12.7. The van der Waals surface area contributed by atoms with Crippen molar-refractivity contribution in [2.75, 3.05) is 5.32 Å². The van der Waals surface area contributed by atoms with Gasteiger partial charge in [-0.1, -0.05) is 29.5 Å². The predicted molar refractivity (Wildman–Crippen MR) is 109 cm³/mol. The van der Waals surface area contributed by atoms with Gasteiger partial charge in [0, 0.05) is 11.8 Å². The number of carbonyl (C=O) groups excluding carboxylic acids is 1. The number of carbonyl (C=O) groups is 1. The van der Waals surface area contributed by atoms with Gasteiger partial charge in [-0.2, -0.15) is 0 Å². The third-order valence-electron chi connectivity index (χ3n) is 3.92. The second kappa shape index (κ2) is 9.19. The lowest BCUT2D eigenvalue weighted by Gasteiger charge is -2.16. The topological polar surface area (TPSA) is 84.1 Å². The molecule has 2 N–H and O–H groups in total. The normalized spacial score (nSPS) is 12.3. The molecular weight excluding hydrogens is 362 g/mol. The average Bonchev–Trinajstić information content (AvgIpc) is 2.55. The second-order valence-electron chi connectivity index (χ2n) is 6.92. The van der Waals surface area contributed by atoms with Gasteiger partial charge in [0.1, 0.15) is 0 Å². The van der Waals surface area contributed by atoms with E-state index in [-0.39, 0.29) is 24.2 Å². The summed E-state index contributed by atoms with van der Waals surface area (Å²) in [7, 11) is 0. The molecular formula is C20H27N3O3S. The zero-order chi connectivity index (χ0) is 20.1. The Labute approximate surface area is 164 Å². The number of anilines is 1. The van der Waals surface area contributed by atoms with Crippen molar-refractivity contribution >= 4 is 23.4 Å². The minimum absolute atomic E-state index is 0.0490. The van der Waals surface area contributed by atoms with Crippen LogP contribution in [0.4, 0.5) is 5.69 Å². The summed E-state index contributed by atoms with van der Waals surface area (Å²) in [6, 6.07) is 5.49. The SMILES string of the molecule is Cc1cc(C)c(NC(=O)C(C)Sc2nc(COC(C)C)cc(=O)[nH]2)c(C)c1. The molecule has 2 rings (SSSR count). The first kappa shape index (κ1) is 21.2. The molecule has 0 aliphatic rings. The molecule has 27 heavy (non-hydrogen) atoms. The fourth-order valence-electron chi connectivity index (χ4n) is 2.69. The quantitative estimate of drug-likeness (QED) is 0.557. The number of aromatic amines is 1. The monoisotopic (exact) mass is 389 g/mol. The molecule has 0 bridgehead atoms. The molecule has 0 saturated heterocycles. The number of nitrogens with zero attached hydrogens (tertiary/aromatic N) is 1. The Morgan fingerprint density at radius 3 is 2.41 bits per heavy atom. The highest BCUT2D eigenvalue weighted by Crippen LogP contribution is 2.25. The smallest absolute Gasteiger partial charge is 0.251 e. The molecule has 1 atom stereocenters. The van der Waals surface area contributed by atoms with Gasteiger partial charge in [-0.3, -0.25) is 9.59 Å². The Morgan fingerprint density at radius 2 is 1.81 bits per heavy atom. The second-order valence-corrected chi connectivity index (χ2v) is 8.25. The zero-order valence-electron chi connectivity index (χ0n) is 16.7. The molecule has 2 aromatic rings. The van der Waals surface area contributed by atoms with Crippen molar-refractivity contribution in [3.8, 4) is 0 Å². The lowest BCUT2D eigenvalue weighted by molar-refractivity contribution is -0.115. The molecule has 0 saturated carbocycles. The summed E-state index contributed by atoms with van der Waals surface area (Å²) >= 11 is 1.21. The summed E-state index contributed by atoms with van der Waals surface area (Å²) in [6.45, 7) is 11.9. The highest BCUT2D eigenvalue weighted by atomic mass is 32.2. The van der Waals surface area contributed by atoms with E-state index in [1.54, 1.807) is 6.92 Å². The van der Waals surface area contributed by atoms with Gasteiger partial charge in [0.05, 0.1) is 23.7 Å². The first-order valence-electron chi connectivity index (χ1n) is 8.93. The van der Waals surface area contributed by atoms with Crippen molar-refractivity contribution in [2.45, 2.75) is 64.7 Å². The Kier molecular flexibility index (Phi) is 7.21. The third kappa shape index (κ3) is 6.22. The van der Waals surface area contributed by atoms with E-state index >= 15 is 0 Å². The number of amides is 1. The van der Waals surface area contributed by atoms with Crippen LogP contribution in [0.25, 0.3) is 0 Å². The van der Waals surface area contributed by atoms with Crippen LogP contribution in [0.2, 0.25) is 0 Å². The number of benzene rings is 1. The molecule has 1 aromatic heterocycles. The maximum atomic E-state index is 12.6. The fraction of sp³-hybridized carbons (Fsp3) is 0.450. The minimum atomic E-state index is -0.422. The molecule has 0 spiro atoms. The fourth-order valence-corrected chi connectivity index (χ4v) is 3.52. The van der Waals surface area contributed by atoms with E-state index in [1.165, 1.54) is 17.8 Å². The lowest BCUT2D eigenvalue weighted by Crippen LogP contribution is -2.24. The van der Waals surface area contributed by atoms with Crippen LogP contribution >= 0.6 is 11.8 Å². The maximum Gasteiger partial charge on any atom is 0.251 e. The van der Waals surface area contributed by atoms with E-state index in [2.05, 4.69) is 15.3 Å². The van der Waals surface area contributed by atoms with Gasteiger partial charge in [-0.25, -0.2) is 4.98 Å². The Morgan fingerprint density at radius 1 is 1.19 bits per heavy atom. The van der Waals surface area contributed by atoms with Crippen molar-refractivity contribution in [1.82, 2.24) is 9.97 Å². The molecule has 146 valence electrons. The summed E-state index contributed by atoms with van der Waals surface area (Å²) in [5, 5.41) is 2.98. The van der Waals surface area contributed by atoms with Gasteiger partial charge in [0.15, 0.2) is 5.16 Å². The van der Waals surface area contributed by atoms with Crippen LogP contribution in [0.1, 0.15) is 43.2 Å². The molecule has 6 nitrogen and oxygen atoms in total. The maximum absolute atomic E-state index is 12.6. The number of rotatable bonds is 7. The largest absolute Gasteiger partial charge is 0.373 e. The standard InChI is InChI=1S/C20H27N3O3S/c1-11(2)26-10-16-9-17(24)22-20(21-16)27-15(6)19(25)23-18-13(4)7-12(3)8-14(18)5/h7-9,11,15H,10H2,1-6H3,(H,23,25)(H,21,22,24). The summed E-state index contributed by atoms with van der Waals surface area (Å²) in [6.07, 6.45) is 0.0490. The van der Waals surface area contributed by atoms with Crippen LogP contribution in [-0.2, 0) is 16.1 Å². The number of hydrogen-bond donors (Lipinski definition) is 2. The predicted octanol–water partition coefficient (Wildman–Crippen LogP) is 3.74. The molecule has 0 aliphatic heterocycles. The Hall–Kier alpha value is -2.12. The van der Waals surface area contributed by atoms with E-state index in [0.29, 0.717) is 10.9 Å². The average molecular weight is 390 g/mol. The molecule has 0 aliphatic carbocycles. The van der Waals surface area contributed by atoms with E-state index in [4.69, 9.17) is 4.74 Å².